The number of hydrogen-bond acceptors (Lipinski definition) is 3. The van der Waals surface area contributed by atoms with Crippen molar-refractivity contribution in [3.05, 3.63) is 35.9 Å². The van der Waals surface area contributed by atoms with Crippen LogP contribution in [0.1, 0.15) is 31.9 Å². The van der Waals surface area contributed by atoms with E-state index in [1.807, 2.05) is 28.0 Å². The first-order chi connectivity index (χ1) is 12.0. The Morgan fingerprint density at radius 3 is 2.56 bits per heavy atom. The van der Waals surface area contributed by atoms with Gasteiger partial charge in [-0.25, -0.2) is 0 Å². The van der Waals surface area contributed by atoms with Gasteiger partial charge in [0.05, 0.1) is 12.0 Å². The number of rotatable bonds is 4. The third kappa shape index (κ3) is 4.03. The van der Waals surface area contributed by atoms with Crippen LogP contribution in [0.25, 0.3) is 0 Å². The van der Waals surface area contributed by atoms with Crippen molar-refractivity contribution in [1.82, 2.24) is 14.7 Å². The molecule has 1 aromatic carbocycles. The van der Waals surface area contributed by atoms with E-state index in [1.54, 1.807) is 0 Å². The molecule has 2 unspecified atom stereocenters. The van der Waals surface area contributed by atoms with E-state index in [0.29, 0.717) is 18.9 Å². The predicted molar refractivity (Wildman–Crippen MR) is 97.9 cm³/mol. The Bertz CT molecular complexity index is 617. The molecule has 2 amide bonds. The molecule has 0 radical (unpaired) electrons. The van der Waals surface area contributed by atoms with Crippen molar-refractivity contribution in [1.29, 1.82) is 0 Å². The van der Waals surface area contributed by atoms with Crippen LogP contribution >= 0.6 is 0 Å². The number of hydrogen-bond donors (Lipinski definition) is 0. The summed E-state index contributed by atoms with van der Waals surface area (Å²) in [5, 5.41) is 0. The van der Waals surface area contributed by atoms with Crippen molar-refractivity contribution in [2.24, 2.45) is 11.8 Å². The lowest BCUT2D eigenvalue weighted by molar-refractivity contribution is -0.140. The SMILES string of the molecule is CC(C)CN1CC(C(=O)N2CCN(C)CC2c2ccccc2)CC1=O. The molecule has 0 aliphatic carbocycles. The van der Waals surface area contributed by atoms with Gasteiger partial charge >= 0.3 is 0 Å². The molecule has 2 aliphatic rings. The number of nitrogens with zero attached hydrogens (tertiary/aromatic N) is 3. The third-order valence-electron chi connectivity index (χ3n) is 5.20. The fraction of sp³-hybridized carbons (Fsp3) is 0.600. The van der Waals surface area contributed by atoms with Gasteiger partial charge in [0.1, 0.15) is 0 Å². The fourth-order valence-electron chi connectivity index (χ4n) is 3.93. The summed E-state index contributed by atoms with van der Waals surface area (Å²) in [6.07, 6.45) is 0.361. The zero-order chi connectivity index (χ0) is 18.0. The van der Waals surface area contributed by atoms with Crippen LogP contribution < -0.4 is 0 Å². The molecule has 0 bridgehead atoms. The van der Waals surface area contributed by atoms with Gasteiger partial charge in [-0.2, -0.15) is 0 Å². The lowest BCUT2D eigenvalue weighted by atomic mass is 9.99. The Labute approximate surface area is 150 Å². The number of likely N-dealkylation sites (tertiary alicyclic amines) is 1. The molecule has 2 heterocycles. The van der Waals surface area contributed by atoms with Gasteiger partial charge in [-0.1, -0.05) is 44.2 Å². The van der Waals surface area contributed by atoms with Crippen LogP contribution in [-0.2, 0) is 9.59 Å². The number of amides is 2. The van der Waals surface area contributed by atoms with Gasteiger partial charge < -0.3 is 14.7 Å². The first-order valence-corrected chi connectivity index (χ1v) is 9.27. The minimum Gasteiger partial charge on any atom is -0.342 e. The third-order valence-corrected chi connectivity index (χ3v) is 5.20. The van der Waals surface area contributed by atoms with Crippen LogP contribution in [-0.4, -0.2) is 66.3 Å². The quantitative estimate of drug-likeness (QED) is 0.840. The summed E-state index contributed by atoms with van der Waals surface area (Å²) in [7, 11) is 2.10. The largest absolute Gasteiger partial charge is 0.342 e. The second-order valence-corrected chi connectivity index (χ2v) is 7.81. The van der Waals surface area contributed by atoms with Crippen LogP contribution in [0.3, 0.4) is 0 Å². The number of piperazine rings is 1. The molecule has 0 spiro atoms. The molecule has 136 valence electrons. The summed E-state index contributed by atoms with van der Waals surface area (Å²) in [5.74, 6) is 0.498. The van der Waals surface area contributed by atoms with Crippen molar-refractivity contribution < 1.29 is 9.59 Å². The van der Waals surface area contributed by atoms with Gasteiger partial charge in [-0.15, -0.1) is 0 Å². The second kappa shape index (κ2) is 7.56. The van der Waals surface area contributed by atoms with E-state index in [2.05, 4.69) is 37.9 Å². The average molecular weight is 343 g/mol. The van der Waals surface area contributed by atoms with Gasteiger partial charge in [-0.05, 0) is 18.5 Å². The molecule has 3 rings (SSSR count). The maximum Gasteiger partial charge on any atom is 0.228 e. The molecular formula is C20H29N3O2. The predicted octanol–water partition coefficient (Wildman–Crippen LogP) is 2.01. The van der Waals surface area contributed by atoms with Crippen LogP contribution in [0.2, 0.25) is 0 Å². The Morgan fingerprint density at radius 2 is 1.88 bits per heavy atom. The van der Waals surface area contributed by atoms with Crippen LogP contribution in [0.5, 0.6) is 0 Å². The molecule has 2 atom stereocenters. The zero-order valence-corrected chi connectivity index (χ0v) is 15.5. The van der Waals surface area contributed by atoms with Gasteiger partial charge in [0.15, 0.2) is 0 Å². The van der Waals surface area contributed by atoms with Crippen molar-refractivity contribution in [2.45, 2.75) is 26.3 Å². The van der Waals surface area contributed by atoms with E-state index in [1.165, 1.54) is 5.56 Å². The molecule has 2 saturated heterocycles. The highest BCUT2D eigenvalue weighted by Gasteiger charge is 2.40. The van der Waals surface area contributed by atoms with Crippen LogP contribution in [0.4, 0.5) is 0 Å². The average Bonchev–Trinajstić information content (AvgIpc) is 2.95. The minimum atomic E-state index is -0.194. The Kier molecular flexibility index (Phi) is 5.42. The van der Waals surface area contributed by atoms with E-state index < -0.39 is 0 Å². The monoisotopic (exact) mass is 343 g/mol. The summed E-state index contributed by atoms with van der Waals surface area (Å²) < 4.78 is 0. The molecule has 2 fully saturated rings. The molecule has 1 aromatic rings. The van der Waals surface area contributed by atoms with Gasteiger partial charge in [0, 0.05) is 39.1 Å². The van der Waals surface area contributed by atoms with Crippen molar-refractivity contribution in [3.8, 4) is 0 Å². The second-order valence-electron chi connectivity index (χ2n) is 7.81. The van der Waals surface area contributed by atoms with E-state index in [-0.39, 0.29) is 23.8 Å². The lowest BCUT2D eigenvalue weighted by Gasteiger charge is -2.41. The number of likely N-dealkylation sites (N-methyl/N-ethyl adjacent to an activating group) is 1. The molecule has 0 N–H and O–H groups in total. The standard InChI is InChI=1S/C20H29N3O2/c1-15(2)12-22-13-17(11-19(22)24)20(25)23-10-9-21(3)14-18(23)16-7-5-4-6-8-16/h4-8,15,17-18H,9-14H2,1-3H3. The molecule has 0 saturated carbocycles. The molecule has 2 aliphatic heterocycles. The number of carbonyl (C=O) groups excluding carboxylic acids is 2. The molecular weight excluding hydrogens is 314 g/mol. The van der Waals surface area contributed by atoms with E-state index >= 15 is 0 Å². The van der Waals surface area contributed by atoms with Gasteiger partial charge in [0.25, 0.3) is 0 Å². The van der Waals surface area contributed by atoms with Crippen molar-refractivity contribution >= 4 is 11.8 Å². The van der Waals surface area contributed by atoms with Crippen LogP contribution in [0, 0.1) is 11.8 Å². The summed E-state index contributed by atoms with van der Waals surface area (Å²) in [4.78, 5) is 31.6. The molecule has 25 heavy (non-hydrogen) atoms. The topological polar surface area (TPSA) is 43.9 Å². The van der Waals surface area contributed by atoms with Gasteiger partial charge in [0.2, 0.25) is 11.8 Å². The highest BCUT2D eigenvalue weighted by Crippen LogP contribution is 2.29. The van der Waals surface area contributed by atoms with Crippen molar-refractivity contribution in [2.75, 3.05) is 39.8 Å². The van der Waals surface area contributed by atoms with Crippen molar-refractivity contribution in [3.63, 3.8) is 0 Å². The number of carbonyl (C=O) groups is 2. The van der Waals surface area contributed by atoms with Gasteiger partial charge in [-0.3, -0.25) is 9.59 Å². The minimum absolute atomic E-state index is 0.0710. The summed E-state index contributed by atoms with van der Waals surface area (Å²) in [5.41, 5.74) is 1.17. The Balaban J connectivity index is 1.74. The Hall–Kier alpha value is -1.88. The molecule has 0 aromatic heterocycles. The van der Waals surface area contributed by atoms with E-state index in [4.69, 9.17) is 0 Å². The normalized spacial score (nSPS) is 25.0. The molecule has 5 nitrogen and oxygen atoms in total. The smallest absolute Gasteiger partial charge is 0.228 e. The lowest BCUT2D eigenvalue weighted by Crippen LogP contribution is -2.51. The first kappa shape index (κ1) is 17.9. The zero-order valence-electron chi connectivity index (χ0n) is 15.5. The highest BCUT2D eigenvalue weighted by atomic mass is 16.2. The summed E-state index contributed by atoms with van der Waals surface area (Å²) in [6.45, 7) is 7.97. The van der Waals surface area contributed by atoms with E-state index in [9.17, 15) is 9.59 Å². The first-order valence-electron chi connectivity index (χ1n) is 9.27. The summed E-state index contributed by atoms with van der Waals surface area (Å²) in [6, 6.07) is 10.3. The fourth-order valence-corrected chi connectivity index (χ4v) is 3.93. The molecule has 5 heteroatoms. The van der Waals surface area contributed by atoms with Crippen LogP contribution in [0.15, 0.2) is 30.3 Å². The van der Waals surface area contributed by atoms with E-state index in [0.717, 1.165) is 26.2 Å². The summed E-state index contributed by atoms with van der Waals surface area (Å²) >= 11 is 0. The highest BCUT2D eigenvalue weighted by molar-refractivity contribution is 5.89. The number of benzene rings is 1. The Morgan fingerprint density at radius 1 is 1.16 bits per heavy atom. The maximum atomic E-state index is 13.2. The maximum absolute atomic E-state index is 13.2.